The molecule has 1 aromatic heterocycles. The molecule has 1 aliphatic carbocycles. The summed E-state index contributed by atoms with van der Waals surface area (Å²) >= 11 is 0. The monoisotopic (exact) mass is 790 g/mol. The SMILES string of the molecule is C=C/C=C(\C=C(/C)N(c1ccc(-c2ccc3ccccc3c2)cc1)c1ccc(-c2ccccc2C)c(/C=C\C)c1)C(=C/CC)/c1c(C)n(C2=CC=CC=CC2)c2ccccc12. The lowest BCUT2D eigenvalue weighted by Crippen LogP contribution is -2.15. The molecule has 0 amide bonds. The molecule has 1 heterocycles. The lowest BCUT2D eigenvalue weighted by molar-refractivity contribution is 1.03. The smallest absolute Gasteiger partial charge is 0.0534 e. The number of para-hydroxylation sites is 1. The van der Waals surface area contributed by atoms with E-state index in [-0.39, 0.29) is 0 Å². The lowest BCUT2D eigenvalue weighted by Gasteiger charge is -2.28. The Balaban J connectivity index is 1.28. The van der Waals surface area contributed by atoms with Crippen molar-refractivity contribution in [2.45, 2.75) is 47.5 Å². The molecule has 0 fully saturated rings. The standard InChI is InChI=1S/C59H54N2/c1-7-20-49(56(22-9-3)59-44(6)61(51-26-12-10-11-13-27-51)58-30-19-18-29-57(58)59)39-43(5)60(53-37-38-55(50(41-53)21-8-2)54-28-17-14-23-42(54)4)52-35-33-46(34-36-52)48-32-31-45-24-15-16-25-47(45)40-48/h7-8,10-26,28-41H,1,9,27H2,2-6H3/b21-8-,43-39+,49-20+,56-22-. The summed E-state index contributed by atoms with van der Waals surface area (Å²) in [7, 11) is 0. The maximum absolute atomic E-state index is 4.23. The molecular formula is C59H54N2. The first-order chi connectivity index (χ1) is 29.9. The fraction of sp³-hybridized carbons (Fsp3) is 0.119. The summed E-state index contributed by atoms with van der Waals surface area (Å²) in [6.45, 7) is 15.2. The van der Waals surface area contributed by atoms with Gasteiger partial charge in [0.05, 0.1) is 5.52 Å². The van der Waals surface area contributed by atoms with Crippen LogP contribution in [0.25, 0.3) is 61.3 Å². The van der Waals surface area contributed by atoms with Crippen LogP contribution in [-0.4, -0.2) is 4.57 Å². The van der Waals surface area contributed by atoms with Gasteiger partial charge in [-0.15, -0.1) is 0 Å². The predicted molar refractivity (Wildman–Crippen MR) is 267 cm³/mol. The summed E-state index contributed by atoms with van der Waals surface area (Å²) in [4.78, 5) is 2.39. The summed E-state index contributed by atoms with van der Waals surface area (Å²) in [5.41, 5.74) is 17.8. The van der Waals surface area contributed by atoms with Crippen LogP contribution < -0.4 is 4.90 Å². The van der Waals surface area contributed by atoms with Gasteiger partial charge in [-0.05, 0) is 138 Å². The number of aromatic nitrogens is 1. The first-order valence-electron chi connectivity index (χ1n) is 21.5. The van der Waals surface area contributed by atoms with Crippen molar-refractivity contribution in [3.05, 3.63) is 234 Å². The van der Waals surface area contributed by atoms with E-state index in [0.717, 1.165) is 35.5 Å². The van der Waals surface area contributed by atoms with E-state index in [1.807, 2.05) is 6.08 Å². The fourth-order valence-electron chi connectivity index (χ4n) is 8.87. The molecule has 0 atom stereocenters. The molecule has 8 rings (SSSR count). The van der Waals surface area contributed by atoms with Gasteiger partial charge < -0.3 is 9.47 Å². The molecule has 0 aliphatic heterocycles. The van der Waals surface area contributed by atoms with Gasteiger partial charge in [-0.3, -0.25) is 0 Å². The summed E-state index contributed by atoms with van der Waals surface area (Å²) in [6.07, 6.45) is 25.8. The van der Waals surface area contributed by atoms with Crippen molar-refractivity contribution < 1.29 is 0 Å². The van der Waals surface area contributed by atoms with Crippen LogP contribution in [0.15, 0.2) is 212 Å². The van der Waals surface area contributed by atoms with Crippen molar-refractivity contribution in [3.8, 4) is 22.3 Å². The van der Waals surface area contributed by atoms with Crippen LogP contribution in [0.5, 0.6) is 0 Å². The Hall–Kier alpha value is -7.16. The number of benzene rings is 6. The van der Waals surface area contributed by atoms with Crippen LogP contribution >= 0.6 is 0 Å². The lowest BCUT2D eigenvalue weighted by atomic mass is 9.92. The van der Waals surface area contributed by atoms with E-state index in [1.54, 1.807) is 0 Å². The van der Waals surface area contributed by atoms with Crippen molar-refractivity contribution in [1.29, 1.82) is 0 Å². The van der Waals surface area contributed by atoms with E-state index in [9.17, 15) is 0 Å². The number of anilines is 2. The maximum Gasteiger partial charge on any atom is 0.0534 e. The number of fused-ring (bicyclic) bond motifs is 2. The first kappa shape index (κ1) is 40.6. The van der Waals surface area contributed by atoms with E-state index >= 15 is 0 Å². The van der Waals surface area contributed by atoms with Gasteiger partial charge in [0.1, 0.15) is 0 Å². The molecule has 1 aliphatic rings. The Bertz CT molecular complexity index is 2970. The summed E-state index contributed by atoms with van der Waals surface area (Å²) in [5, 5.41) is 3.73. The largest absolute Gasteiger partial charge is 0.317 e. The number of allylic oxidation sites excluding steroid dienone is 14. The van der Waals surface area contributed by atoms with Crippen LogP contribution in [0.1, 0.15) is 56.0 Å². The average Bonchev–Trinajstić information content (AvgIpc) is 3.39. The number of rotatable bonds is 12. The van der Waals surface area contributed by atoms with Gasteiger partial charge >= 0.3 is 0 Å². The molecule has 2 heteroatoms. The minimum Gasteiger partial charge on any atom is -0.317 e. The van der Waals surface area contributed by atoms with Crippen LogP contribution in [0, 0.1) is 13.8 Å². The van der Waals surface area contributed by atoms with Crippen molar-refractivity contribution in [1.82, 2.24) is 4.57 Å². The Morgan fingerprint density at radius 1 is 0.738 bits per heavy atom. The first-order valence-corrected chi connectivity index (χ1v) is 21.5. The van der Waals surface area contributed by atoms with Crippen molar-refractivity contribution in [2.75, 3.05) is 4.90 Å². The number of hydrogen-bond acceptors (Lipinski definition) is 1. The quantitative estimate of drug-likeness (QED) is 0.112. The van der Waals surface area contributed by atoms with Gasteiger partial charge in [0.25, 0.3) is 0 Å². The highest BCUT2D eigenvalue weighted by atomic mass is 15.1. The minimum absolute atomic E-state index is 0.861. The Morgan fingerprint density at radius 3 is 2.26 bits per heavy atom. The molecule has 6 aromatic carbocycles. The third kappa shape index (κ3) is 8.36. The maximum atomic E-state index is 4.23. The zero-order valence-corrected chi connectivity index (χ0v) is 36.1. The van der Waals surface area contributed by atoms with E-state index in [2.05, 4.69) is 245 Å². The second kappa shape index (κ2) is 18.4. The molecule has 0 saturated heterocycles. The third-order valence-electron chi connectivity index (χ3n) is 11.7. The van der Waals surface area contributed by atoms with E-state index in [0.29, 0.717) is 0 Å². The molecule has 0 N–H and O–H groups in total. The Labute approximate surface area is 362 Å². The van der Waals surface area contributed by atoms with Crippen LogP contribution in [0.2, 0.25) is 0 Å². The highest BCUT2D eigenvalue weighted by Gasteiger charge is 2.22. The van der Waals surface area contributed by atoms with Gasteiger partial charge in [-0.2, -0.15) is 0 Å². The summed E-state index contributed by atoms with van der Waals surface area (Å²) in [5.74, 6) is 0. The molecule has 61 heavy (non-hydrogen) atoms. The van der Waals surface area contributed by atoms with E-state index in [1.165, 1.54) is 77.6 Å². The Kier molecular flexibility index (Phi) is 12.3. The van der Waals surface area contributed by atoms with Crippen LogP contribution in [0.3, 0.4) is 0 Å². The normalized spacial score (nSPS) is 13.6. The van der Waals surface area contributed by atoms with E-state index < -0.39 is 0 Å². The van der Waals surface area contributed by atoms with Gasteiger partial charge in [0.2, 0.25) is 0 Å². The topological polar surface area (TPSA) is 8.17 Å². The second-order valence-corrected chi connectivity index (χ2v) is 15.7. The number of hydrogen-bond donors (Lipinski definition) is 0. The fourth-order valence-corrected chi connectivity index (χ4v) is 8.87. The molecule has 0 saturated carbocycles. The van der Waals surface area contributed by atoms with Crippen LogP contribution in [-0.2, 0) is 0 Å². The molecule has 0 radical (unpaired) electrons. The molecule has 300 valence electrons. The summed E-state index contributed by atoms with van der Waals surface area (Å²) < 4.78 is 2.44. The molecule has 0 spiro atoms. The molecule has 0 unspecified atom stereocenters. The zero-order chi connectivity index (χ0) is 42.3. The molecular weight excluding hydrogens is 737 g/mol. The van der Waals surface area contributed by atoms with Gasteiger partial charge in [0.15, 0.2) is 0 Å². The highest BCUT2D eigenvalue weighted by molar-refractivity contribution is 6.01. The van der Waals surface area contributed by atoms with E-state index in [4.69, 9.17) is 0 Å². The summed E-state index contributed by atoms with van der Waals surface area (Å²) in [6, 6.07) is 48.6. The van der Waals surface area contributed by atoms with Crippen LogP contribution in [0.4, 0.5) is 11.4 Å². The second-order valence-electron chi connectivity index (χ2n) is 15.7. The van der Waals surface area contributed by atoms with Crippen molar-refractivity contribution >= 4 is 50.4 Å². The minimum atomic E-state index is 0.861. The average molecular weight is 791 g/mol. The van der Waals surface area contributed by atoms with Crippen molar-refractivity contribution in [3.63, 3.8) is 0 Å². The van der Waals surface area contributed by atoms with Crippen molar-refractivity contribution in [2.24, 2.45) is 0 Å². The molecule has 2 nitrogen and oxygen atoms in total. The van der Waals surface area contributed by atoms with Gasteiger partial charge in [-0.1, -0.05) is 165 Å². The Morgan fingerprint density at radius 2 is 1.48 bits per heavy atom. The molecule has 0 bridgehead atoms. The number of nitrogens with zero attached hydrogens (tertiary/aromatic N) is 2. The highest BCUT2D eigenvalue weighted by Crippen LogP contribution is 2.41. The third-order valence-corrected chi connectivity index (χ3v) is 11.7. The predicted octanol–water partition coefficient (Wildman–Crippen LogP) is 16.8. The zero-order valence-electron chi connectivity index (χ0n) is 36.1. The molecule has 7 aromatic rings. The van der Waals surface area contributed by atoms with Gasteiger partial charge in [-0.25, -0.2) is 0 Å². The number of aryl methyl sites for hydroxylation is 1. The van der Waals surface area contributed by atoms with Gasteiger partial charge in [0, 0.05) is 45.8 Å².